The smallest absolute Gasteiger partial charge is 0.322 e. The Morgan fingerprint density at radius 3 is 2.78 bits per heavy atom. The number of furan rings is 1. The van der Waals surface area contributed by atoms with Crippen LogP contribution in [0, 0.1) is 0 Å². The molecule has 3 rings (SSSR count). The van der Waals surface area contributed by atoms with E-state index in [2.05, 4.69) is 5.32 Å². The van der Waals surface area contributed by atoms with Crippen molar-refractivity contribution in [1.82, 2.24) is 4.90 Å². The summed E-state index contributed by atoms with van der Waals surface area (Å²) < 4.78 is 11.0. The maximum atomic E-state index is 12.6. The number of urea groups is 1. The van der Waals surface area contributed by atoms with E-state index in [0.717, 1.165) is 25.2 Å². The molecule has 1 saturated heterocycles. The van der Waals surface area contributed by atoms with E-state index >= 15 is 0 Å². The third-order valence-corrected chi connectivity index (χ3v) is 4.01. The zero-order valence-corrected chi connectivity index (χ0v) is 13.5. The summed E-state index contributed by atoms with van der Waals surface area (Å²) in [6.45, 7) is 1.71. The first-order valence-electron chi connectivity index (χ1n) is 7.66. The standard InChI is InChI=1S/C17H19ClN2O3/c18-13-5-7-14(8-6-13)19-17(21)20(11-15-3-1-9-22-15)12-16-4-2-10-23-16/h1,3,5-9,16H,2,4,10-12H2,(H,19,21). The van der Waals surface area contributed by atoms with Crippen molar-refractivity contribution in [2.75, 3.05) is 18.5 Å². The minimum Gasteiger partial charge on any atom is -0.467 e. The number of ether oxygens (including phenoxy) is 1. The van der Waals surface area contributed by atoms with E-state index in [4.69, 9.17) is 20.8 Å². The van der Waals surface area contributed by atoms with Crippen LogP contribution < -0.4 is 5.32 Å². The molecule has 1 fully saturated rings. The number of carbonyl (C=O) groups excluding carboxylic acids is 1. The highest BCUT2D eigenvalue weighted by Gasteiger charge is 2.23. The molecule has 2 heterocycles. The summed E-state index contributed by atoms with van der Waals surface area (Å²) in [6.07, 6.45) is 3.71. The molecule has 1 atom stereocenters. The molecule has 2 aromatic rings. The molecule has 1 aromatic heterocycles. The molecule has 1 unspecified atom stereocenters. The molecule has 1 aliphatic heterocycles. The summed E-state index contributed by atoms with van der Waals surface area (Å²) in [5.74, 6) is 0.745. The topological polar surface area (TPSA) is 54.7 Å². The van der Waals surface area contributed by atoms with Crippen LogP contribution in [0.15, 0.2) is 47.1 Å². The minimum atomic E-state index is -0.181. The number of halogens is 1. The second-order valence-electron chi connectivity index (χ2n) is 5.53. The van der Waals surface area contributed by atoms with Crippen LogP contribution in [0.3, 0.4) is 0 Å². The molecule has 0 spiro atoms. The first-order chi connectivity index (χ1) is 11.2. The number of anilines is 1. The van der Waals surface area contributed by atoms with Gasteiger partial charge in [0.05, 0.1) is 18.9 Å². The van der Waals surface area contributed by atoms with Gasteiger partial charge in [-0.05, 0) is 49.2 Å². The molecule has 0 bridgehead atoms. The summed E-state index contributed by atoms with van der Waals surface area (Å²) in [5, 5.41) is 3.52. The average molecular weight is 335 g/mol. The molecule has 23 heavy (non-hydrogen) atoms. The molecule has 5 nitrogen and oxygen atoms in total. The number of nitrogens with zero attached hydrogens (tertiary/aromatic N) is 1. The lowest BCUT2D eigenvalue weighted by atomic mass is 10.2. The summed E-state index contributed by atoms with van der Waals surface area (Å²) >= 11 is 5.87. The van der Waals surface area contributed by atoms with Gasteiger partial charge in [-0.15, -0.1) is 0 Å². The zero-order chi connectivity index (χ0) is 16.1. The monoisotopic (exact) mass is 334 g/mol. The average Bonchev–Trinajstić information content (AvgIpc) is 3.22. The van der Waals surface area contributed by atoms with Gasteiger partial charge in [-0.3, -0.25) is 0 Å². The largest absolute Gasteiger partial charge is 0.467 e. The Balaban J connectivity index is 1.67. The van der Waals surface area contributed by atoms with Gasteiger partial charge in [0.2, 0.25) is 0 Å². The number of hydrogen-bond acceptors (Lipinski definition) is 3. The highest BCUT2D eigenvalue weighted by Crippen LogP contribution is 2.18. The fourth-order valence-corrected chi connectivity index (χ4v) is 2.71. The fourth-order valence-electron chi connectivity index (χ4n) is 2.58. The van der Waals surface area contributed by atoms with Gasteiger partial charge in [0.15, 0.2) is 0 Å². The second kappa shape index (κ2) is 7.53. The predicted molar refractivity (Wildman–Crippen MR) is 88.6 cm³/mol. The predicted octanol–water partition coefficient (Wildman–Crippen LogP) is 4.15. The van der Waals surface area contributed by atoms with Crippen LogP contribution in [0.5, 0.6) is 0 Å². The van der Waals surface area contributed by atoms with Gasteiger partial charge in [0.25, 0.3) is 0 Å². The fraction of sp³-hybridized carbons (Fsp3) is 0.353. The maximum absolute atomic E-state index is 12.6. The molecule has 0 radical (unpaired) electrons. The number of nitrogens with one attached hydrogen (secondary N) is 1. The van der Waals surface area contributed by atoms with E-state index in [0.29, 0.717) is 23.8 Å². The van der Waals surface area contributed by atoms with Gasteiger partial charge >= 0.3 is 6.03 Å². The van der Waals surface area contributed by atoms with Crippen LogP contribution in [-0.4, -0.2) is 30.2 Å². The van der Waals surface area contributed by atoms with Crippen LogP contribution in [0.2, 0.25) is 5.02 Å². The van der Waals surface area contributed by atoms with E-state index in [1.165, 1.54) is 0 Å². The molecule has 0 aliphatic carbocycles. The quantitative estimate of drug-likeness (QED) is 0.893. The maximum Gasteiger partial charge on any atom is 0.322 e. The van der Waals surface area contributed by atoms with Gasteiger partial charge in [-0.2, -0.15) is 0 Å². The van der Waals surface area contributed by atoms with Gasteiger partial charge in [0.1, 0.15) is 5.76 Å². The molecule has 0 saturated carbocycles. The number of benzene rings is 1. The van der Waals surface area contributed by atoms with Gasteiger partial charge in [-0.25, -0.2) is 4.79 Å². The van der Waals surface area contributed by atoms with E-state index in [9.17, 15) is 4.79 Å². The summed E-state index contributed by atoms with van der Waals surface area (Å²) in [6, 6.07) is 10.5. The van der Waals surface area contributed by atoms with Crippen molar-refractivity contribution in [1.29, 1.82) is 0 Å². The molecule has 122 valence electrons. The Morgan fingerprint density at radius 1 is 1.30 bits per heavy atom. The van der Waals surface area contributed by atoms with Crippen molar-refractivity contribution in [3.05, 3.63) is 53.4 Å². The number of hydrogen-bond donors (Lipinski definition) is 1. The van der Waals surface area contributed by atoms with E-state index < -0.39 is 0 Å². The molecular weight excluding hydrogens is 316 g/mol. The van der Waals surface area contributed by atoms with Crippen molar-refractivity contribution >= 4 is 23.3 Å². The van der Waals surface area contributed by atoms with E-state index in [1.807, 2.05) is 12.1 Å². The van der Waals surface area contributed by atoms with Gasteiger partial charge in [-0.1, -0.05) is 11.6 Å². The third-order valence-electron chi connectivity index (χ3n) is 3.76. The van der Waals surface area contributed by atoms with Gasteiger partial charge < -0.3 is 19.4 Å². The molecule has 1 N–H and O–H groups in total. The molecule has 1 aliphatic rings. The molecule has 2 amide bonds. The van der Waals surface area contributed by atoms with Crippen LogP contribution >= 0.6 is 11.6 Å². The van der Waals surface area contributed by atoms with Crippen LogP contribution in [0.4, 0.5) is 10.5 Å². The van der Waals surface area contributed by atoms with Crippen LogP contribution in [0.25, 0.3) is 0 Å². The first kappa shape index (κ1) is 15.9. The Hall–Kier alpha value is -1.98. The summed E-state index contributed by atoms with van der Waals surface area (Å²) in [7, 11) is 0. The van der Waals surface area contributed by atoms with Crippen molar-refractivity contribution in [2.45, 2.75) is 25.5 Å². The second-order valence-corrected chi connectivity index (χ2v) is 5.97. The summed E-state index contributed by atoms with van der Waals surface area (Å²) in [4.78, 5) is 14.3. The lowest BCUT2D eigenvalue weighted by molar-refractivity contribution is 0.0803. The zero-order valence-electron chi connectivity index (χ0n) is 12.7. The number of amides is 2. The third kappa shape index (κ3) is 4.50. The van der Waals surface area contributed by atoms with Crippen molar-refractivity contribution < 1.29 is 13.9 Å². The first-order valence-corrected chi connectivity index (χ1v) is 8.04. The Kier molecular flexibility index (Phi) is 5.20. The highest BCUT2D eigenvalue weighted by atomic mass is 35.5. The van der Waals surface area contributed by atoms with Crippen LogP contribution in [-0.2, 0) is 11.3 Å². The summed E-state index contributed by atoms with van der Waals surface area (Å²) in [5.41, 5.74) is 0.705. The Morgan fingerprint density at radius 2 is 2.13 bits per heavy atom. The minimum absolute atomic E-state index is 0.0842. The molecule has 1 aromatic carbocycles. The van der Waals surface area contributed by atoms with Crippen molar-refractivity contribution in [3.63, 3.8) is 0 Å². The van der Waals surface area contributed by atoms with Crippen LogP contribution in [0.1, 0.15) is 18.6 Å². The van der Waals surface area contributed by atoms with E-state index in [1.54, 1.807) is 35.4 Å². The van der Waals surface area contributed by atoms with Crippen molar-refractivity contribution in [2.24, 2.45) is 0 Å². The van der Waals surface area contributed by atoms with Gasteiger partial charge in [0, 0.05) is 23.9 Å². The Labute approximate surface area is 140 Å². The lowest BCUT2D eigenvalue weighted by Crippen LogP contribution is -2.39. The Bertz CT molecular complexity index is 622. The lowest BCUT2D eigenvalue weighted by Gasteiger charge is -2.25. The number of carbonyl (C=O) groups is 1. The molecular formula is C17H19ClN2O3. The highest BCUT2D eigenvalue weighted by molar-refractivity contribution is 6.30. The number of rotatable bonds is 5. The SMILES string of the molecule is O=C(Nc1ccc(Cl)cc1)N(Cc1ccco1)CC1CCCO1. The molecule has 6 heteroatoms. The van der Waals surface area contributed by atoms with E-state index in [-0.39, 0.29) is 12.1 Å². The van der Waals surface area contributed by atoms with Crippen molar-refractivity contribution in [3.8, 4) is 0 Å². The normalized spacial score (nSPS) is 17.2.